The Hall–Kier alpha value is -2.73. The summed E-state index contributed by atoms with van der Waals surface area (Å²) in [5, 5.41) is 0. The average Bonchev–Trinajstić information content (AvgIpc) is 3.29. The topological polar surface area (TPSA) is 0 Å². The second-order valence-electron chi connectivity index (χ2n) is 7.40. The lowest BCUT2D eigenvalue weighted by molar-refractivity contribution is 0.750. The maximum atomic E-state index is 6.25. The van der Waals surface area contributed by atoms with Gasteiger partial charge in [-0.05, 0) is 50.9 Å². The van der Waals surface area contributed by atoms with Crippen molar-refractivity contribution in [1.29, 1.82) is 0 Å². The SMILES string of the molecule is [B]c1ccc2c(c1)C1(C3=C(C=CC3)c3ccccc31)c1cc([B])ccc1-2. The van der Waals surface area contributed by atoms with Crippen molar-refractivity contribution in [1.82, 2.24) is 0 Å². The second kappa shape index (κ2) is 4.71. The van der Waals surface area contributed by atoms with Crippen molar-refractivity contribution in [2.24, 2.45) is 0 Å². The molecule has 0 N–H and O–H groups in total. The summed E-state index contributed by atoms with van der Waals surface area (Å²) in [4.78, 5) is 0. The summed E-state index contributed by atoms with van der Waals surface area (Å²) >= 11 is 0. The molecule has 116 valence electrons. The molecule has 0 nitrogen and oxygen atoms in total. The van der Waals surface area contributed by atoms with E-state index in [1.165, 1.54) is 44.5 Å². The van der Waals surface area contributed by atoms with Crippen molar-refractivity contribution in [3.63, 3.8) is 0 Å². The van der Waals surface area contributed by atoms with Crippen LogP contribution < -0.4 is 10.9 Å². The minimum Gasteiger partial charge on any atom is -0.0963 e. The summed E-state index contributed by atoms with van der Waals surface area (Å²) in [5.74, 6) is 0. The highest BCUT2D eigenvalue weighted by molar-refractivity contribution is 6.33. The third-order valence-electron chi connectivity index (χ3n) is 6.19. The van der Waals surface area contributed by atoms with E-state index in [0.717, 1.165) is 17.3 Å². The van der Waals surface area contributed by atoms with E-state index < -0.39 is 0 Å². The summed E-state index contributed by atoms with van der Waals surface area (Å²) in [7, 11) is 12.5. The summed E-state index contributed by atoms with van der Waals surface area (Å²) in [6, 6.07) is 21.4. The van der Waals surface area contributed by atoms with E-state index >= 15 is 0 Å². The average molecular weight is 324 g/mol. The molecule has 3 aromatic rings. The molecule has 26 heavy (non-hydrogen) atoms. The molecule has 3 aliphatic rings. The van der Waals surface area contributed by atoms with E-state index in [-0.39, 0.29) is 5.41 Å². The summed E-state index contributed by atoms with van der Waals surface area (Å²) < 4.78 is 0. The maximum absolute atomic E-state index is 6.25. The molecule has 0 heterocycles. The monoisotopic (exact) mass is 324 g/mol. The van der Waals surface area contributed by atoms with E-state index in [1.54, 1.807) is 0 Å². The lowest BCUT2D eigenvalue weighted by atomic mass is 9.68. The third-order valence-corrected chi connectivity index (χ3v) is 6.19. The van der Waals surface area contributed by atoms with Crippen molar-refractivity contribution in [2.75, 3.05) is 0 Å². The van der Waals surface area contributed by atoms with Gasteiger partial charge in [-0.3, -0.25) is 0 Å². The second-order valence-corrected chi connectivity index (χ2v) is 7.40. The maximum Gasteiger partial charge on any atom is 0.113 e. The van der Waals surface area contributed by atoms with Crippen LogP contribution >= 0.6 is 0 Å². The van der Waals surface area contributed by atoms with Crippen LogP contribution in [0.2, 0.25) is 0 Å². The van der Waals surface area contributed by atoms with Crippen LogP contribution in [-0.2, 0) is 5.41 Å². The Balaban J connectivity index is 1.84. The Morgan fingerprint density at radius 2 is 1.35 bits per heavy atom. The summed E-state index contributed by atoms with van der Waals surface area (Å²) in [6.45, 7) is 0. The first kappa shape index (κ1) is 14.4. The Kier molecular flexibility index (Phi) is 2.61. The molecule has 0 aliphatic heterocycles. The fourth-order valence-electron chi connectivity index (χ4n) is 5.29. The van der Waals surface area contributed by atoms with Gasteiger partial charge in [0.15, 0.2) is 0 Å². The molecule has 1 spiro atoms. The van der Waals surface area contributed by atoms with Crippen LogP contribution in [0.4, 0.5) is 0 Å². The molecule has 0 saturated heterocycles. The first-order valence-corrected chi connectivity index (χ1v) is 9.01. The molecular formula is C24H14B2. The zero-order valence-corrected chi connectivity index (χ0v) is 14.3. The Morgan fingerprint density at radius 3 is 2.04 bits per heavy atom. The van der Waals surface area contributed by atoms with Gasteiger partial charge in [0.1, 0.15) is 15.7 Å². The first-order valence-electron chi connectivity index (χ1n) is 9.01. The van der Waals surface area contributed by atoms with Gasteiger partial charge in [-0.25, -0.2) is 0 Å². The fraction of sp³-hybridized carbons (Fsp3) is 0.0833. The number of hydrogen-bond acceptors (Lipinski definition) is 0. The van der Waals surface area contributed by atoms with Crippen molar-refractivity contribution >= 4 is 32.2 Å². The van der Waals surface area contributed by atoms with Crippen LogP contribution in [0, 0.1) is 0 Å². The minimum absolute atomic E-state index is 0.273. The van der Waals surface area contributed by atoms with Crippen molar-refractivity contribution in [2.45, 2.75) is 11.8 Å². The van der Waals surface area contributed by atoms with Crippen LogP contribution in [0.1, 0.15) is 28.7 Å². The van der Waals surface area contributed by atoms with Gasteiger partial charge in [0, 0.05) is 0 Å². The normalized spacial score (nSPS) is 17.4. The van der Waals surface area contributed by atoms with Crippen molar-refractivity contribution < 1.29 is 0 Å². The smallest absolute Gasteiger partial charge is 0.0963 e. The molecule has 0 saturated carbocycles. The van der Waals surface area contributed by atoms with Crippen LogP contribution in [0.3, 0.4) is 0 Å². The van der Waals surface area contributed by atoms with Crippen LogP contribution in [0.5, 0.6) is 0 Å². The Labute approximate surface area is 156 Å². The van der Waals surface area contributed by atoms with E-state index in [0.29, 0.717) is 0 Å². The van der Waals surface area contributed by atoms with Gasteiger partial charge >= 0.3 is 0 Å². The van der Waals surface area contributed by atoms with Gasteiger partial charge < -0.3 is 0 Å². The molecule has 3 aliphatic carbocycles. The first-order chi connectivity index (χ1) is 12.7. The van der Waals surface area contributed by atoms with Crippen molar-refractivity contribution in [3.05, 3.63) is 101 Å². The molecule has 0 amide bonds. The molecule has 2 heteroatoms. The van der Waals surface area contributed by atoms with Gasteiger partial charge in [0.05, 0.1) is 5.41 Å². The van der Waals surface area contributed by atoms with Gasteiger partial charge in [-0.1, -0.05) is 83.7 Å². The highest BCUT2D eigenvalue weighted by atomic mass is 14.5. The molecule has 0 fully saturated rings. The molecule has 0 bridgehead atoms. The van der Waals surface area contributed by atoms with Crippen molar-refractivity contribution in [3.8, 4) is 11.1 Å². The standard InChI is InChI=1S/C24H14B2/c25-14-8-10-18-19-11-9-15(26)13-23(19)24(22(18)12-14)20-6-2-1-4-16(20)17-5-3-7-21(17)24/h1-6,8-13H,7H2. The molecule has 0 aromatic heterocycles. The highest BCUT2D eigenvalue weighted by Crippen LogP contribution is 2.63. The highest BCUT2D eigenvalue weighted by Gasteiger charge is 2.52. The molecule has 6 rings (SSSR count). The number of benzene rings is 3. The van der Waals surface area contributed by atoms with E-state index in [4.69, 9.17) is 15.7 Å². The van der Waals surface area contributed by atoms with Gasteiger partial charge in [-0.2, -0.15) is 0 Å². The molecule has 0 unspecified atom stereocenters. The van der Waals surface area contributed by atoms with E-state index in [2.05, 4.69) is 60.7 Å². The molecular weight excluding hydrogens is 310 g/mol. The van der Waals surface area contributed by atoms with Gasteiger partial charge in [0.25, 0.3) is 0 Å². The number of allylic oxidation sites excluding steroid dienone is 4. The van der Waals surface area contributed by atoms with Gasteiger partial charge in [0.2, 0.25) is 0 Å². The van der Waals surface area contributed by atoms with E-state index in [9.17, 15) is 0 Å². The predicted octanol–water partition coefficient (Wildman–Crippen LogP) is 3.32. The van der Waals surface area contributed by atoms with Gasteiger partial charge in [-0.15, -0.1) is 0 Å². The van der Waals surface area contributed by atoms with E-state index in [1.807, 2.05) is 12.1 Å². The zero-order chi connectivity index (χ0) is 17.5. The largest absolute Gasteiger partial charge is 0.113 e. The number of fused-ring (bicyclic) bond motifs is 9. The summed E-state index contributed by atoms with van der Waals surface area (Å²) in [5.41, 5.74) is 12.0. The minimum atomic E-state index is -0.273. The number of rotatable bonds is 0. The zero-order valence-electron chi connectivity index (χ0n) is 14.3. The summed E-state index contributed by atoms with van der Waals surface area (Å²) in [6.07, 6.45) is 5.52. The Morgan fingerprint density at radius 1 is 0.692 bits per heavy atom. The predicted molar refractivity (Wildman–Crippen MR) is 110 cm³/mol. The molecule has 4 radical (unpaired) electrons. The Bertz CT molecular complexity index is 1130. The van der Waals surface area contributed by atoms with Crippen LogP contribution in [0.15, 0.2) is 78.4 Å². The van der Waals surface area contributed by atoms with Crippen LogP contribution in [-0.4, -0.2) is 15.7 Å². The lowest BCUT2D eigenvalue weighted by Crippen LogP contribution is -2.29. The number of hydrogen-bond donors (Lipinski definition) is 0. The fourth-order valence-corrected chi connectivity index (χ4v) is 5.29. The molecule has 3 aromatic carbocycles. The lowest BCUT2D eigenvalue weighted by Gasteiger charge is -2.32. The molecule has 0 atom stereocenters. The third kappa shape index (κ3) is 1.50. The van der Waals surface area contributed by atoms with Crippen LogP contribution in [0.25, 0.3) is 16.7 Å². The quantitative estimate of drug-likeness (QED) is 0.557.